The summed E-state index contributed by atoms with van der Waals surface area (Å²) in [4.78, 5) is 28.1. The van der Waals surface area contributed by atoms with E-state index in [1.165, 1.54) is 0 Å². The maximum absolute atomic E-state index is 12.5. The van der Waals surface area contributed by atoms with Crippen LogP contribution in [0.1, 0.15) is 43.4 Å². The van der Waals surface area contributed by atoms with Crippen LogP contribution < -0.4 is 0 Å². The van der Waals surface area contributed by atoms with E-state index in [9.17, 15) is 9.59 Å². The van der Waals surface area contributed by atoms with Crippen molar-refractivity contribution in [2.75, 3.05) is 26.2 Å². The van der Waals surface area contributed by atoms with Crippen LogP contribution in [0.3, 0.4) is 0 Å². The van der Waals surface area contributed by atoms with Gasteiger partial charge in [0, 0.05) is 38.9 Å². The number of ether oxygens (including phenoxy) is 1. The Morgan fingerprint density at radius 1 is 1.13 bits per heavy atom. The predicted octanol–water partition coefficient (Wildman–Crippen LogP) is 1.81. The van der Waals surface area contributed by atoms with Crippen molar-refractivity contribution in [3.63, 3.8) is 0 Å². The number of nitrogens with zero attached hydrogens (tertiary/aromatic N) is 4. The topological polar surface area (TPSA) is 67.7 Å². The van der Waals surface area contributed by atoms with Crippen LogP contribution in [0.25, 0.3) is 0 Å². The zero-order valence-electron chi connectivity index (χ0n) is 14.6. The van der Waals surface area contributed by atoms with Crippen LogP contribution in [0.4, 0.5) is 4.79 Å². The van der Waals surface area contributed by atoms with Crippen molar-refractivity contribution in [1.29, 1.82) is 0 Å². The lowest BCUT2D eigenvalue weighted by Crippen LogP contribution is -2.40. The van der Waals surface area contributed by atoms with E-state index in [4.69, 9.17) is 4.74 Å². The molecule has 23 heavy (non-hydrogen) atoms. The molecule has 1 aliphatic rings. The van der Waals surface area contributed by atoms with Crippen molar-refractivity contribution in [3.8, 4) is 0 Å². The fraction of sp³-hybridized carbons (Fsp3) is 0.688. The highest BCUT2D eigenvalue weighted by Gasteiger charge is 2.27. The summed E-state index contributed by atoms with van der Waals surface area (Å²) in [7, 11) is 1.82. The molecule has 0 unspecified atom stereocenters. The summed E-state index contributed by atoms with van der Waals surface area (Å²) in [6, 6.07) is 1.79. The molecule has 0 spiro atoms. The maximum Gasteiger partial charge on any atom is 0.410 e. The quantitative estimate of drug-likeness (QED) is 0.791. The van der Waals surface area contributed by atoms with Crippen LogP contribution in [0, 0.1) is 6.92 Å². The van der Waals surface area contributed by atoms with Crippen molar-refractivity contribution >= 4 is 12.0 Å². The van der Waals surface area contributed by atoms with E-state index < -0.39 is 5.60 Å². The standard InChI is InChI=1S/C16H26N4O3/c1-12-11-13(17-18(12)5)14(21)19-7-6-8-20(10-9-19)15(22)23-16(2,3)4/h11H,6-10H2,1-5H3. The molecule has 7 heteroatoms. The van der Waals surface area contributed by atoms with Gasteiger partial charge in [0.15, 0.2) is 5.69 Å². The third-order valence-electron chi connectivity index (χ3n) is 3.77. The average Bonchev–Trinajstić information content (AvgIpc) is 2.66. The van der Waals surface area contributed by atoms with Crippen molar-refractivity contribution in [3.05, 3.63) is 17.5 Å². The van der Waals surface area contributed by atoms with Gasteiger partial charge in [-0.25, -0.2) is 4.79 Å². The van der Waals surface area contributed by atoms with Gasteiger partial charge in [-0.3, -0.25) is 9.48 Å². The molecule has 0 aliphatic carbocycles. The number of carbonyl (C=O) groups excluding carboxylic acids is 2. The molecule has 1 aromatic heterocycles. The van der Waals surface area contributed by atoms with E-state index in [1.807, 2.05) is 34.7 Å². The van der Waals surface area contributed by atoms with Gasteiger partial charge in [-0.2, -0.15) is 5.10 Å². The van der Waals surface area contributed by atoms with Crippen LogP contribution in [-0.4, -0.2) is 63.4 Å². The van der Waals surface area contributed by atoms with Gasteiger partial charge in [0.2, 0.25) is 0 Å². The molecule has 1 saturated heterocycles. The Kier molecular flexibility index (Phi) is 4.97. The van der Waals surface area contributed by atoms with Crippen LogP contribution in [-0.2, 0) is 11.8 Å². The molecule has 1 fully saturated rings. The Morgan fingerprint density at radius 2 is 1.74 bits per heavy atom. The molecule has 0 aromatic carbocycles. The van der Waals surface area contributed by atoms with Gasteiger partial charge < -0.3 is 14.5 Å². The molecular formula is C16H26N4O3. The molecule has 2 amide bonds. The summed E-state index contributed by atoms with van der Waals surface area (Å²) in [6.45, 7) is 9.65. The summed E-state index contributed by atoms with van der Waals surface area (Å²) in [6.07, 6.45) is 0.414. The molecule has 2 rings (SSSR count). The fourth-order valence-electron chi connectivity index (χ4n) is 2.46. The monoisotopic (exact) mass is 322 g/mol. The molecular weight excluding hydrogens is 296 g/mol. The number of rotatable bonds is 1. The predicted molar refractivity (Wildman–Crippen MR) is 86.3 cm³/mol. The highest BCUT2D eigenvalue weighted by molar-refractivity contribution is 5.92. The molecule has 1 aliphatic heterocycles. The van der Waals surface area contributed by atoms with Crippen molar-refractivity contribution in [2.45, 2.75) is 39.7 Å². The van der Waals surface area contributed by atoms with Gasteiger partial charge in [-0.05, 0) is 40.2 Å². The van der Waals surface area contributed by atoms with Gasteiger partial charge in [0.05, 0.1) is 0 Å². The lowest BCUT2D eigenvalue weighted by molar-refractivity contribution is 0.0255. The number of carbonyl (C=O) groups is 2. The molecule has 1 aromatic rings. The summed E-state index contributed by atoms with van der Waals surface area (Å²) < 4.78 is 7.09. The number of aromatic nitrogens is 2. The summed E-state index contributed by atoms with van der Waals surface area (Å²) in [5, 5.41) is 4.24. The molecule has 2 heterocycles. The second-order valence-electron chi connectivity index (χ2n) is 6.91. The average molecular weight is 322 g/mol. The molecule has 0 saturated carbocycles. The highest BCUT2D eigenvalue weighted by Crippen LogP contribution is 2.13. The number of aryl methyl sites for hydroxylation is 2. The Bertz CT molecular complexity index is 569. The van der Waals surface area contributed by atoms with Gasteiger partial charge in [0.1, 0.15) is 5.60 Å². The Balaban J connectivity index is 1.98. The number of hydrogen-bond acceptors (Lipinski definition) is 4. The second-order valence-corrected chi connectivity index (χ2v) is 6.91. The number of hydrogen-bond donors (Lipinski definition) is 0. The van der Waals surface area contributed by atoms with Gasteiger partial charge in [-0.1, -0.05) is 0 Å². The van der Waals surface area contributed by atoms with E-state index in [0.717, 1.165) is 12.1 Å². The third kappa shape index (κ3) is 4.46. The lowest BCUT2D eigenvalue weighted by atomic mass is 10.2. The SMILES string of the molecule is Cc1cc(C(=O)N2CCCN(C(=O)OC(C)(C)C)CC2)nn1C. The highest BCUT2D eigenvalue weighted by atomic mass is 16.6. The Morgan fingerprint density at radius 3 is 2.30 bits per heavy atom. The maximum atomic E-state index is 12.5. The molecule has 0 bridgehead atoms. The third-order valence-corrected chi connectivity index (χ3v) is 3.77. The van der Waals surface area contributed by atoms with E-state index in [1.54, 1.807) is 20.5 Å². The van der Waals surface area contributed by atoms with Gasteiger partial charge in [0.25, 0.3) is 5.91 Å². The first kappa shape index (κ1) is 17.3. The molecule has 0 atom stereocenters. The van der Waals surface area contributed by atoms with Crippen molar-refractivity contribution in [1.82, 2.24) is 19.6 Å². The Labute approximate surface area is 137 Å². The van der Waals surface area contributed by atoms with Crippen LogP contribution >= 0.6 is 0 Å². The zero-order valence-corrected chi connectivity index (χ0v) is 14.6. The van der Waals surface area contributed by atoms with E-state index in [0.29, 0.717) is 31.9 Å². The van der Waals surface area contributed by atoms with Gasteiger partial charge in [-0.15, -0.1) is 0 Å². The smallest absolute Gasteiger partial charge is 0.410 e. The molecule has 0 N–H and O–H groups in total. The van der Waals surface area contributed by atoms with Crippen LogP contribution in [0.15, 0.2) is 6.07 Å². The zero-order chi connectivity index (χ0) is 17.2. The molecule has 0 radical (unpaired) electrons. The minimum Gasteiger partial charge on any atom is -0.444 e. The lowest BCUT2D eigenvalue weighted by Gasteiger charge is -2.26. The summed E-state index contributed by atoms with van der Waals surface area (Å²) in [5.74, 6) is -0.0836. The summed E-state index contributed by atoms with van der Waals surface area (Å²) >= 11 is 0. The van der Waals surface area contributed by atoms with E-state index in [-0.39, 0.29) is 12.0 Å². The minimum absolute atomic E-state index is 0.0836. The van der Waals surface area contributed by atoms with Crippen LogP contribution in [0.5, 0.6) is 0 Å². The first-order valence-corrected chi connectivity index (χ1v) is 7.95. The van der Waals surface area contributed by atoms with E-state index >= 15 is 0 Å². The number of amides is 2. The Hall–Kier alpha value is -2.05. The van der Waals surface area contributed by atoms with Crippen molar-refractivity contribution < 1.29 is 14.3 Å². The molecule has 7 nitrogen and oxygen atoms in total. The van der Waals surface area contributed by atoms with E-state index in [2.05, 4.69) is 5.10 Å². The normalized spacial score (nSPS) is 16.2. The largest absolute Gasteiger partial charge is 0.444 e. The minimum atomic E-state index is -0.510. The first-order chi connectivity index (χ1) is 10.7. The van der Waals surface area contributed by atoms with Gasteiger partial charge >= 0.3 is 6.09 Å². The van der Waals surface area contributed by atoms with Crippen molar-refractivity contribution in [2.24, 2.45) is 7.05 Å². The summed E-state index contributed by atoms with van der Waals surface area (Å²) in [5.41, 5.74) is 0.888. The van der Waals surface area contributed by atoms with Crippen LogP contribution in [0.2, 0.25) is 0 Å². The second kappa shape index (κ2) is 6.60. The fourth-order valence-corrected chi connectivity index (χ4v) is 2.46. The first-order valence-electron chi connectivity index (χ1n) is 7.95. The molecule has 128 valence electrons.